The zero-order valence-corrected chi connectivity index (χ0v) is 15.1. The summed E-state index contributed by atoms with van der Waals surface area (Å²) in [6, 6.07) is 6.46. The molecule has 0 radical (unpaired) electrons. The van der Waals surface area contributed by atoms with Crippen LogP contribution in [0.5, 0.6) is 5.75 Å². The molecular formula is C19H28N2OS. The number of nitrogens with zero attached hydrogens (tertiary/aromatic N) is 1. The molecule has 2 aromatic rings. The third kappa shape index (κ3) is 5.54. The molecule has 2 N–H and O–H groups in total. The summed E-state index contributed by atoms with van der Waals surface area (Å²) in [6.45, 7) is 4.92. The van der Waals surface area contributed by atoms with Crippen LogP contribution in [0.15, 0.2) is 23.6 Å². The van der Waals surface area contributed by atoms with E-state index in [-0.39, 0.29) is 0 Å². The van der Waals surface area contributed by atoms with Crippen molar-refractivity contribution in [2.24, 2.45) is 0 Å². The smallest absolute Gasteiger partial charge is 0.180 e. The van der Waals surface area contributed by atoms with Gasteiger partial charge in [-0.25, -0.2) is 4.98 Å². The van der Waals surface area contributed by atoms with Crippen LogP contribution in [0.4, 0.5) is 5.13 Å². The molecule has 0 bridgehead atoms. The van der Waals surface area contributed by atoms with Crippen LogP contribution in [0.2, 0.25) is 0 Å². The van der Waals surface area contributed by atoms with Crippen LogP contribution in [-0.2, 0) is 6.42 Å². The Kier molecular flexibility index (Phi) is 7.40. The Labute approximate surface area is 143 Å². The van der Waals surface area contributed by atoms with E-state index in [0.29, 0.717) is 11.7 Å². The van der Waals surface area contributed by atoms with Gasteiger partial charge in [0.1, 0.15) is 5.75 Å². The second-order valence-electron chi connectivity index (χ2n) is 5.85. The number of benzene rings is 1. The molecular weight excluding hydrogens is 304 g/mol. The van der Waals surface area contributed by atoms with Gasteiger partial charge in [0.05, 0.1) is 12.3 Å². The van der Waals surface area contributed by atoms with Gasteiger partial charge in [0.15, 0.2) is 5.13 Å². The van der Waals surface area contributed by atoms with Crippen molar-refractivity contribution < 1.29 is 4.74 Å². The Bertz CT molecular complexity index is 595. The molecule has 1 aromatic carbocycles. The zero-order chi connectivity index (χ0) is 16.5. The quantitative estimate of drug-likeness (QED) is 0.568. The number of thiazole rings is 1. The monoisotopic (exact) mass is 332 g/mol. The molecule has 0 spiro atoms. The van der Waals surface area contributed by atoms with Crippen molar-refractivity contribution >= 4 is 16.5 Å². The molecule has 0 aliphatic rings. The molecule has 126 valence electrons. The number of nitrogens with two attached hydrogens (primary N) is 1. The van der Waals surface area contributed by atoms with Crippen molar-refractivity contribution in [1.82, 2.24) is 4.98 Å². The van der Waals surface area contributed by atoms with Crippen molar-refractivity contribution in [3.05, 3.63) is 29.1 Å². The number of anilines is 1. The summed E-state index contributed by atoms with van der Waals surface area (Å²) in [5.41, 5.74) is 9.11. The van der Waals surface area contributed by atoms with Crippen molar-refractivity contribution in [3.8, 4) is 17.0 Å². The van der Waals surface area contributed by atoms with Crippen molar-refractivity contribution in [2.45, 2.75) is 58.8 Å². The van der Waals surface area contributed by atoms with E-state index in [1.54, 1.807) is 0 Å². The molecule has 1 aromatic heterocycles. The van der Waals surface area contributed by atoms with E-state index in [1.165, 1.54) is 55.4 Å². The Morgan fingerprint density at radius 2 is 1.87 bits per heavy atom. The van der Waals surface area contributed by atoms with E-state index in [0.717, 1.165) is 23.4 Å². The first-order valence-electron chi connectivity index (χ1n) is 8.71. The lowest BCUT2D eigenvalue weighted by molar-refractivity contribution is 0.341. The van der Waals surface area contributed by atoms with E-state index in [1.807, 2.05) is 12.3 Å². The predicted molar refractivity (Wildman–Crippen MR) is 100 cm³/mol. The second-order valence-corrected chi connectivity index (χ2v) is 6.74. The van der Waals surface area contributed by atoms with E-state index in [9.17, 15) is 0 Å². The average Bonchev–Trinajstić information content (AvgIpc) is 2.98. The molecule has 0 saturated carbocycles. The normalized spacial score (nSPS) is 10.9. The van der Waals surface area contributed by atoms with Crippen LogP contribution in [-0.4, -0.2) is 11.6 Å². The van der Waals surface area contributed by atoms with Gasteiger partial charge in [-0.2, -0.15) is 0 Å². The Balaban J connectivity index is 2.01. The van der Waals surface area contributed by atoms with Crippen LogP contribution < -0.4 is 10.5 Å². The van der Waals surface area contributed by atoms with Gasteiger partial charge in [0.25, 0.3) is 0 Å². The highest BCUT2D eigenvalue weighted by Crippen LogP contribution is 2.33. The maximum Gasteiger partial charge on any atom is 0.180 e. The maximum absolute atomic E-state index is 5.78. The molecule has 0 unspecified atom stereocenters. The maximum atomic E-state index is 5.78. The molecule has 0 fully saturated rings. The van der Waals surface area contributed by atoms with Crippen LogP contribution >= 0.6 is 11.3 Å². The number of rotatable bonds is 10. The third-order valence-corrected chi connectivity index (χ3v) is 4.63. The summed E-state index contributed by atoms with van der Waals surface area (Å²) in [5.74, 6) is 0.893. The average molecular weight is 333 g/mol. The highest BCUT2D eigenvalue weighted by atomic mass is 32.1. The van der Waals surface area contributed by atoms with Crippen LogP contribution in [0, 0.1) is 0 Å². The SMILES string of the molecule is CCCCCCCCc1ccc(OCC)c(-c2csc(N)n2)c1. The van der Waals surface area contributed by atoms with Gasteiger partial charge in [-0.15, -0.1) is 11.3 Å². The predicted octanol–water partition coefficient (Wildman–Crippen LogP) is 5.69. The number of aromatic nitrogens is 1. The number of ether oxygens (including phenoxy) is 1. The summed E-state index contributed by atoms with van der Waals surface area (Å²) in [7, 11) is 0. The fraction of sp³-hybridized carbons (Fsp3) is 0.526. The van der Waals surface area contributed by atoms with Gasteiger partial charge in [-0.05, 0) is 37.5 Å². The molecule has 2 rings (SSSR count). The lowest BCUT2D eigenvalue weighted by atomic mass is 10.0. The third-order valence-electron chi connectivity index (χ3n) is 3.96. The molecule has 1 heterocycles. The van der Waals surface area contributed by atoms with E-state index in [4.69, 9.17) is 10.5 Å². The number of nitrogen functional groups attached to an aromatic ring is 1. The number of hydrogen-bond donors (Lipinski definition) is 1. The largest absolute Gasteiger partial charge is 0.493 e. The second kappa shape index (κ2) is 9.56. The molecule has 0 saturated heterocycles. The highest BCUT2D eigenvalue weighted by molar-refractivity contribution is 7.13. The summed E-state index contributed by atoms with van der Waals surface area (Å²) >= 11 is 1.47. The van der Waals surface area contributed by atoms with Crippen LogP contribution in [0.1, 0.15) is 57.9 Å². The lowest BCUT2D eigenvalue weighted by Crippen LogP contribution is -1.96. The molecule has 0 atom stereocenters. The first-order chi connectivity index (χ1) is 11.2. The van der Waals surface area contributed by atoms with Crippen LogP contribution in [0.3, 0.4) is 0 Å². The van der Waals surface area contributed by atoms with Gasteiger partial charge in [-0.3, -0.25) is 0 Å². The standard InChI is InChI=1S/C19H28N2OS/c1-3-5-6-7-8-9-10-15-11-12-18(22-4-2)16(13-15)17-14-23-19(20)21-17/h11-14H,3-10H2,1-2H3,(H2,20,21). The van der Waals surface area contributed by atoms with Gasteiger partial charge < -0.3 is 10.5 Å². The van der Waals surface area contributed by atoms with Crippen molar-refractivity contribution in [1.29, 1.82) is 0 Å². The Morgan fingerprint density at radius 1 is 1.09 bits per heavy atom. The molecule has 3 nitrogen and oxygen atoms in total. The topological polar surface area (TPSA) is 48.1 Å². The lowest BCUT2D eigenvalue weighted by Gasteiger charge is -2.11. The van der Waals surface area contributed by atoms with Crippen molar-refractivity contribution in [2.75, 3.05) is 12.3 Å². The summed E-state index contributed by atoms with van der Waals surface area (Å²) in [4.78, 5) is 4.41. The molecule has 0 aliphatic carbocycles. The van der Waals surface area contributed by atoms with Crippen LogP contribution in [0.25, 0.3) is 11.3 Å². The highest BCUT2D eigenvalue weighted by Gasteiger charge is 2.11. The minimum atomic E-state index is 0.601. The zero-order valence-electron chi connectivity index (χ0n) is 14.3. The van der Waals surface area contributed by atoms with Gasteiger partial charge in [-0.1, -0.05) is 45.1 Å². The molecule has 23 heavy (non-hydrogen) atoms. The first-order valence-corrected chi connectivity index (χ1v) is 9.59. The Hall–Kier alpha value is -1.55. The van der Waals surface area contributed by atoms with E-state index < -0.39 is 0 Å². The molecule has 0 amide bonds. The minimum absolute atomic E-state index is 0.601. The summed E-state index contributed by atoms with van der Waals surface area (Å²) in [5, 5.41) is 2.60. The first kappa shape index (κ1) is 17.8. The van der Waals surface area contributed by atoms with Crippen molar-refractivity contribution in [3.63, 3.8) is 0 Å². The number of aryl methyl sites for hydroxylation is 1. The number of unbranched alkanes of at least 4 members (excludes halogenated alkanes) is 5. The van der Waals surface area contributed by atoms with Gasteiger partial charge in [0.2, 0.25) is 0 Å². The summed E-state index contributed by atoms with van der Waals surface area (Å²) in [6.07, 6.45) is 9.05. The van der Waals surface area contributed by atoms with Gasteiger partial charge >= 0.3 is 0 Å². The van der Waals surface area contributed by atoms with E-state index >= 15 is 0 Å². The molecule has 4 heteroatoms. The number of hydrogen-bond acceptors (Lipinski definition) is 4. The fourth-order valence-corrected chi connectivity index (χ4v) is 3.30. The Morgan fingerprint density at radius 3 is 2.57 bits per heavy atom. The fourth-order valence-electron chi connectivity index (χ4n) is 2.73. The molecule has 0 aliphatic heterocycles. The van der Waals surface area contributed by atoms with Gasteiger partial charge in [0, 0.05) is 10.9 Å². The van der Waals surface area contributed by atoms with E-state index in [2.05, 4.69) is 30.1 Å². The minimum Gasteiger partial charge on any atom is -0.493 e. The summed E-state index contributed by atoms with van der Waals surface area (Å²) < 4.78 is 5.75.